The van der Waals surface area contributed by atoms with E-state index in [0.29, 0.717) is 9.25 Å². The van der Waals surface area contributed by atoms with E-state index in [1.54, 1.807) is 0 Å². The van der Waals surface area contributed by atoms with Crippen LogP contribution in [0.15, 0.2) is 23.0 Å². The number of benzene rings is 1. The Morgan fingerprint density at radius 3 is 2.32 bits per heavy atom. The molecule has 2 aromatic rings. The van der Waals surface area contributed by atoms with Crippen LogP contribution in [0.25, 0.3) is 5.69 Å². The number of hydrogen-bond acceptors (Lipinski definition) is 2. The van der Waals surface area contributed by atoms with Crippen LogP contribution < -0.4 is 5.69 Å². The molecule has 0 atom stereocenters. The first-order valence-corrected chi connectivity index (χ1v) is 5.66. The van der Waals surface area contributed by atoms with Gasteiger partial charge in [0.1, 0.15) is 0 Å². The van der Waals surface area contributed by atoms with Crippen molar-refractivity contribution < 1.29 is 13.2 Å². The van der Waals surface area contributed by atoms with E-state index in [-0.39, 0.29) is 15.7 Å². The van der Waals surface area contributed by atoms with Gasteiger partial charge in [0, 0.05) is 7.05 Å². The smallest absolute Gasteiger partial charge is 0.274 e. The van der Waals surface area contributed by atoms with Crippen LogP contribution in [-0.2, 0) is 13.2 Å². The van der Waals surface area contributed by atoms with Crippen molar-refractivity contribution in [3.05, 3.63) is 44.6 Å². The molecule has 9 heteroatoms. The van der Waals surface area contributed by atoms with Gasteiger partial charge in [-0.1, -0.05) is 23.2 Å². The van der Waals surface area contributed by atoms with Crippen LogP contribution in [0.1, 0.15) is 5.82 Å². The first kappa shape index (κ1) is 14.0. The Kier molecular flexibility index (Phi) is 3.36. The maximum atomic E-state index is 12.6. The molecule has 19 heavy (non-hydrogen) atoms. The lowest BCUT2D eigenvalue weighted by Crippen LogP contribution is -2.23. The van der Waals surface area contributed by atoms with E-state index in [2.05, 4.69) is 5.10 Å². The lowest BCUT2D eigenvalue weighted by Gasteiger charge is -2.03. The molecule has 1 aromatic heterocycles. The molecule has 0 aliphatic carbocycles. The minimum atomic E-state index is -4.71. The molecule has 0 bridgehead atoms. The fourth-order valence-electron chi connectivity index (χ4n) is 1.47. The molecule has 0 amide bonds. The highest BCUT2D eigenvalue weighted by Gasteiger charge is 2.38. The standard InChI is InChI=1S/C10H6Cl2F3N3O/c1-17-8(10(13,14)15)16-18(9(17)19)5-2-3-6(11)7(12)4-5/h2-4H,1H3. The Labute approximate surface area is 115 Å². The zero-order chi connectivity index (χ0) is 14.4. The molecule has 0 unspecified atom stereocenters. The lowest BCUT2D eigenvalue weighted by atomic mass is 10.3. The highest BCUT2D eigenvalue weighted by Crippen LogP contribution is 2.27. The maximum absolute atomic E-state index is 12.6. The molecular formula is C10H6Cl2F3N3O. The van der Waals surface area contributed by atoms with Crippen LogP contribution in [0.2, 0.25) is 10.0 Å². The molecule has 0 fully saturated rings. The Bertz CT molecular complexity index is 690. The monoisotopic (exact) mass is 311 g/mol. The van der Waals surface area contributed by atoms with Crippen LogP contribution in [0, 0.1) is 0 Å². The van der Waals surface area contributed by atoms with Gasteiger partial charge in [0.05, 0.1) is 15.7 Å². The third-order valence-electron chi connectivity index (χ3n) is 2.38. The molecule has 1 heterocycles. The average Bonchev–Trinajstić information content (AvgIpc) is 2.60. The van der Waals surface area contributed by atoms with Gasteiger partial charge >= 0.3 is 11.9 Å². The van der Waals surface area contributed by atoms with Crippen molar-refractivity contribution in [2.45, 2.75) is 6.18 Å². The van der Waals surface area contributed by atoms with Crippen LogP contribution in [-0.4, -0.2) is 14.3 Å². The second kappa shape index (κ2) is 4.57. The molecule has 0 aliphatic heterocycles. The van der Waals surface area contributed by atoms with Crippen molar-refractivity contribution in [3.63, 3.8) is 0 Å². The summed E-state index contributed by atoms with van der Waals surface area (Å²) in [6.07, 6.45) is -4.71. The Morgan fingerprint density at radius 1 is 1.21 bits per heavy atom. The number of rotatable bonds is 1. The predicted molar refractivity (Wildman–Crippen MR) is 63.8 cm³/mol. The summed E-state index contributed by atoms with van der Waals surface area (Å²) in [7, 11) is 0.992. The van der Waals surface area contributed by atoms with Gasteiger partial charge in [0.25, 0.3) is 0 Å². The summed E-state index contributed by atoms with van der Waals surface area (Å²) >= 11 is 11.4. The maximum Gasteiger partial charge on any atom is 0.451 e. The molecule has 4 nitrogen and oxygen atoms in total. The van der Waals surface area contributed by atoms with Gasteiger partial charge in [0.2, 0.25) is 5.82 Å². The van der Waals surface area contributed by atoms with Crippen molar-refractivity contribution >= 4 is 23.2 Å². The number of halogens is 5. The average molecular weight is 312 g/mol. The topological polar surface area (TPSA) is 39.8 Å². The van der Waals surface area contributed by atoms with E-state index in [1.807, 2.05) is 0 Å². The van der Waals surface area contributed by atoms with Gasteiger partial charge in [-0.15, -0.1) is 5.10 Å². The second-order valence-corrected chi connectivity index (χ2v) is 4.49. The van der Waals surface area contributed by atoms with E-state index in [9.17, 15) is 18.0 Å². The van der Waals surface area contributed by atoms with Gasteiger partial charge in [-0.25, -0.2) is 4.79 Å². The first-order valence-electron chi connectivity index (χ1n) is 4.90. The number of aromatic nitrogens is 3. The summed E-state index contributed by atoms with van der Waals surface area (Å²) in [4.78, 5) is 11.7. The molecule has 0 N–H and O–H groups in total. The Hall–Kier alpha value is -1.47. The van der Waals surface area contributed by atoms with Gasteiger partial charge < -0.3 is 0 Å². The van der Waals surface area contributed by atoms with Crippen molar-refractivity contribution in [1.82, 2.24) is 14.3 Å². The molecule has 0 aliphatic rings. The molecule has 1 aromatic carbocycles. The molecule has 2 rings (SSSR count). The zero-order valence-corrected chi connectivity index (χ0v) is 10.9. The van der Waals surface area contributed by atoms with Gasteiger partial charge in [-0.3, -0.25) is 4.57 Å². The fraction of sp³-hybridized carbons (Fsp3) is 0.200. The van der Waals surface area contributed by atoms with E-state index >= 15 is 0 Å². The number of alkyl halides is 3. The van der Waals surface area contributed by atoms with Crippen molar-refractivity contribution in [2.24, 2.45) is 7.05 Å². The first-order chi connectivity index (χ1) is 8.71. The van der Waals surface area contributed by atoms with Crippen LogP contribution in [0.3, 0.4) is 0 Å². The third kappa shape index (κ3) is 2.48. The summed E-state index contributed by atoms with van der Waals surface area (Å²) in [5.41, 5.74) is -0.823. The molecule has 102 valence electrons. The minimum absolute atomic E-state index is 0.102. The van der Waals surface area contributed by atoms with Gasteiger partial charge in [0.15, 0.2) is 0 Å². The van der Waals surface area contributed by atoms with E-state index < -0.39 is 17.7 Å². The van der Waals surface area contributed by atoms with E-state index in [0.717, 1.165) is 7.05 Å². The zero-order valence-electron chi connectivity index (χ0n) is 9.37. The fourth-order valence-corrected chi connectivity index (χ4v) is 1.76. The normalized spacial score (nSPS) is 11.9. The van der Waals surface area contributed by atoms with Crippen LogP contribution in [0.4, 0.5) is 13.2 Å². The summed E-state index contributed by atoms with van der Waals surface area (Å²) in [5.74, 6) is -1.29. The quantitative estimate of drug-likeness (QED) is 0.812. The van der Waals surface area contributed by atoms with Crippen molar-refractivity contribution in [1.29, 1.82) is 0 Å². The Morgan fingerprint density at radius 2 is 1.84 bits per heavy atom. The predicted octanol–water partition coefficient (Wildman–Crippen LogP) is 2.90. The van der Waals surface area contributed by atoms with Crippen molar-refractivity contribution in [2.75, 3.05) is 0 Å². The number of hydrogen-bond donors (Lipinski definition) is 0. The van der Waals surface area contributed by atoms with E-state index in [1.165, 1.54) is 18.2 Å². The Balaban J connectivity index is 2.64. The molecule has 0 saturated heterocycles. The van der Waals surface area contributed by atoms with Crippen molar-refractivity contribution in [3.8, 4) is 5.69 Å². The highest BCUT2D eigenvalue weighted by atomic mass is 35.5. The SMILES string of the molecule is Cn1c(C(F)(F)F)nn(-c2ccc(Cl)c(Cl)c2)c1=O. The summed E-state index contributed by atoms with van der Waals surface area (Å²) in [6, 6.07) is 3.98. The third-order valence-corrected chi connectivity index (χ3v) is 3.12. The molecular weight excluding hydrogens is 306 g/mol. The van der Waals surface area contributed by atoms with Gasteiger partial charge in [-0.05, 0) is 18.2 Å². The molecule has 0 saturated carbocycles. The molecule has 0 radical (unpaired) electrons. The van der Waals surface area contributed by atoms with Crippen LogP contribution in [0.5, 0.6) is 0 Å². The van der Waals surface area contributed by atoms with Crippen LogP contribution >= 0.6 is 23.2 Å². The second-order valence-electron chi connectivity index (χ2n) is 3.67. The number of nitrogens with zero attached hydrogens (tertiary/aromatic N) is 3. The van der Waals surface area contributed by atoms with E-state index in [4.69, 9.17) is 23.2 Å². The largest absolute Gasteiger partial charge is 0.451 e. The minimum Gasteiger partial charge on any atom is -0.274 e. The summed E-state index contributed by atoms with van der Waals surface area (Å²) in [5, 5.41) is 3.61. The van der Waals surface area contributed by atoms with Gasteiger partial charge in [-0.2, -0.15) is 17.9 Å². The lowest BCUT2D eigenvalue weighted by molar-refractivity contribution is -0.147. The molecule has 0 spiro atoms. The summed E-state index contributed by atoms with van der Waals surface area (Å²) in [6.45, 7) is 0. The summed E-state index contributed by atoms with van der Waals surface area (Å²) < 4.78 is 38.9. The highest BCUT2D eigenvalue weighted by molar-refractivity contribution is 6.42.